The molecule has 4 rings (SSSR count). The molecule has 0 spiro atoms. The Balaban J connectivity index is 1.49. The molecule has 0 saturated carbocycles. The molecule has 1 atom stereocenters. The number of thiazole rings is 1. The summed E-state index contributed by atoms with van der Waals surface area (Å²) in [6, 6.07) is 16.7. The monoisotopic (exact) mass is 413 g/mol. The van der Waals surface area contributed by atoms with Gasteiger partial charge >= 0.3 is 0 Å². The topological polar surface area (TPSA) is 78.5 Å². The number of sulfonamides is 1. The van der Waals surface area contributed by atoms with E-state index in [1.807, 2.05) is 24.3 Å². The molecule has 1 aliphatic heterocycles. The number of nitrogens with one attached hydrogen (secondary N) is 1. The van der Waals surface area contributed by atoms with Gasteiger partial charge in [0.05, 0.1) is 46.9 Å². The van der Waals surface area contributed by atoms with E-state index in [1.54, 1.807) is 29.5 Å². The molecule has 1 aromatic heterocycles. The summed E-state index contributed by atoms with van der Waals surface area (Å²) < 4.78 is 28.6. The number of quaternary nitrogens is 1. The molecule has 0 bridgehead atoms. The second-order valence-electron chi connectivity index (χ2n) is 6.91. The molecule has 1 saturated heterocycles. The van der Waals surface area contributed by atoms with Crippen LogP contribution in [0.2, 0.25) is 0 Å². The summed E-state index contributed by atoms with van der Waals surface area (Å²) in [5.74, 6) is 0. The van der Waals surface area contributed by atoms with Gasteiger partial charge in [0.25, 0.3) is 0 Å². The fourth-order valence-electron chi connectivity index (χ4n) is 3.62. The first-order valence-electron chi connectivity index (χ1n) is 9.20. The number of para-hydroxylation sites is 1. The van der Waals surface area contributed by atoms with Gasteiger partial charge in [-0.05, 0) is 31.2 Å². The molecular formula is C20H21N4O2S2+. The highest BCUT2D eigenvalue weighted by molar-refractivity contribution is 7.89. The van der Waals surface area contributed by atoms with Gasteiger partial charge in [0, 0.05) is 0 Å². The van der Waals surface area contributed by atoms with Crippen LogP contribution in [-0.4, -0.2) is 43.9 Å². The lowest BCUT2D eigenvalue weighted by molar-refractivity contribution is -0.933. The highest BCUT2D eigenvalue weighted by Crippen LogP contribution is 2.25. The third-order valence-corrected chi connectivity index (χ3v) is 8.46. The van der Waals surface area contributed by atoms with Crippen LogP contribution in [0.15, 0.2) is 53.4 Å². The van der Waals surface area contributed by atoms with Crippen LogP contribution in [-0.2, 0) is 10.0 Å². The summed E-state index contributed by atoms with van der Waals surface area (Å²) in [7, 11) is -3.65. The van der Waals surface area contributed by atoms with Crippen molar-refractivity contribution in [2.24, 2.45) is 0 Å². The van der Waals surface area contributed by atoms with Crippen molar-refractivity contribution in [2.75, 3.05) is 26.2 Å². The van der Waals surface area contributed by atoms with Crippen molar-refractivity contribution in [3.63, 3.8) is 0 Å². The number of piperazine rings is 1. The number of nitriles is 1. The maximum atomic E-state index is 13.0. The normalized spacial score (nSPS) is 17.4. The SMILES string of the molecule is C[C@H](c1nc2ccccc2s1)[NH+]1CCN(S(=O)(=O)c2ccccc2C#N)CC1. The molecule has 1 fully saturated rings. The molecule has 0 amide bonds. The van der Waals surface area contributed by atoms with E-state index in [1.165, 1.54) is 20.0 Å². The van der Waals surface area contributed by atoms with E-state index in [-0.39, 0.29) is 16.5 Å². The van der Waals surface area contributed by atoms with Gasteiger partial charge in [0.2, 0.25) is 10.0 Å². The minimum Gasteiger partial charge on any atom is -0.325 e. The van der Waals surface area contributed by atoms with Crippen molar-refractivity contribution < 1.29 is 13.3 Å². The van der Waals surface area contributed by atoms with Gasteiger partial charge in [0.1, 0.15) is 12.1 Å². The Bertz CT molecular complexity index is 1110. The van der Waals surface area contributed by atoms with E-state index >= 15 is 0 Å². The quantitative estimate of drug-likeness (QED) is 0.708. The van der Waals surface area contributed by atoms with Crippen molar-refractivity contribution in [1.82, 2.24) is 9.29 Å². The van der Waals surface area contributed by atoms with Crippen LogP contribution >= 0.6 is 11.3 Å². The molecule has 2 heterocycles. The van der Waals surface area contributed by atoms with Crippen LogP contribution < -0.4 is 4.90 Å². The first-order chi connectivity index (χ1) is 13.5. The molecule has 0 unspecified atom stereocenters. The van der Waals surface area contributed by atoms with Gasteiger partial charge in [-0.3, -0.25) is 0 Å². The molecule has 8 heteroatoms. The van der Waals surface area contributed by atoms with Crippen molar-refractivity contribution >= 4 is 31.6 Å². The van der Waals surface area contributed by atoms with E-state index in [4.69, 9.17) is 4.98 Å². The molecule has 28 heavy (non-hydrogen) atoms. The van der Waals surface area contributed by atoms with Crippen LogP contribution in [0.3, 0.4) is 0 Å². The summed E-state index contributed by atoms with van der Waals surface area (Å²) in [5.41, 5.74) is 1.21. The number of aromatic nitrogens is 1. The molecule has 1 N–H and O–H groups in total. The first-order valence-corrected chi connectivity index (χ1v) is 11.5. The summed E-state index contributed by atoms with van der Waals surface area (Å²) in [6.45, 7) is 4.46. The van der Waals surface area contributed by atoms with Gasteiger partial charge in [0.15, 0.2) is 5.01 Å². The van der Waals surface area contributed by atoms with E-state index < -0.39 is 10.0 Å². The van der Waals surface area contributed by atoms with Crippen molar-refractivity contribution in [1.29, 1.82) is 5.26 Å². The second kappa shape index (κ2) is 7.60. The number of fused-ring (bicyclic) bond motifs is 1. The highest BCUT2D eigenvalue weighted by atomic mass is 32.2. The lowest BCUT2D eigenvalue weighted by atomic mass is 10.2. The largest absolute Gasteiger partial charge is 0.325 e. The average Bonchev–Trinajstić information content (AvgIpc) is 3.17. The lowest BCUT2D eigenvalue weighted by Gasteiger charge is -2.34. The average molecular weight is 414 g/mol. The van der Waals surface area contributed by atoms with Crippen molar-refractivity contribution in [2.45, 2.75) is 17.9 Å². The Labute approximate surface area is 168 Å². The third kappa shape index (κ3) is 3.42. The lowest BCUT2D eigenvalue weighted by Crippen LogP contribution is -3.14. The molecule has 2 aromatic carbocycles. The zero-order valence-electron chi connectivity index (χ0n) is 15.5. The van der Waals surface area contributed by atoms with E-state index in [2.05, 4.69) is 13.0 Å². The maximum absolute atomic E-state index is 13.0. The fourth-order valence-corrected chi connectivity index (χ4v) is 6.28. The maximum Gasteiger partial charge on any atom is 0.244 e. The summed E-state index contributed by atoms with van der Waals surface area (Å²) >= 11 is 1.71. The zero-order chi connectivity index (χ0) is 19.7. The highest BCUT2D eigenvalue weighted by Gasteiger charge is 2.34. The molecular weight excluding hydrogens is 392 g/mol. The van der Waals surface area contributed by atoms with Crippen molar-refractivity contribution in [3.8, 4) is 6.07 Å². The third-order valence-electron chi connectivity index (χ3n) is 5.28. The summed E-state index contributed by atoms with van der Waals surface area (Å²) in [6.07, 6.45) is 0. The van der Waals surface area contributed by atoms with Crippen LogP contribution in [0.5, 0.6) is 0 Å². The van der Waals surface area contributed by atoms with Crippen LogP contribution in [0, 0.1) is 11.3 Å². The number of hydrogen-bond donors (Lipinski definition) is 1. The molecule has 0 radical (unpaired) electrons. The van der Waals surface area contributed by atoms with E-state index in [0.29, 0.717) is 26.2 Å². The number of hydrogen-bond acceptors (Lipinski definition) is 5. The fraction of sp³-hybridized carbons (Fsp3) is 0.300. The van der Waals surface area contributed by atoms with Gasteiger partial charge in [-0.2, -0.15) is 9.57 Å². The minimum absolute atomic E-state index is 0.0974. The number of nitrogens with zero attached hydrogens (tertiary/aromatic N) is 3. The van der Waals surface area contributed by atoms with Crippen LogP contribution in [0.4, 0.5) is 0 Å². The van der Waals surface area contributed by atoms with Crippen LogP contribution in [0.1, 0.15) is 23.5 Å². The van der Waals surface area contributed by atoms with E-state index in [9.17, 15) is 13.7 Å². The minimum atomic E-state index is -3.65. The van der Waals surface area contributed by atoms with E-state index in [0.717, 1.165) is 10.5 Å². The molecule has 0 aliphatic carbocycles. The molecule has 3 aromatic rings. The van der Waals surface area contributed by atoms with Gasteiger partial charge in [-0.25, -0.2) is 13.4 Å². The van der Waals surface area contributed by atoms with Crippen molar-refractivity contribution in [3.05, 3.63) is 59.1 Å². The second-order valence-corrected chi connectivity index (χ2v) is 9.88. The summed E-state index contributed by atoms with van der Waals surface area (Å²) in [5, 5.41) is 10.3. The number of benzene rings is 2. The van der Waals surface area contributed by atoms with Crippen LogP contribution in [0.25, 0.3) is 10.2 Å². The predicted octanol–water partition coefficient (Wildman–Crippen LogP) is 1.82. The molecule has 1 aliphatic rings. The standard InChI is InChI=1S/C20H20N4O2S2/c1-15(20-22-17-7-3-4-8-18(17)27-20)23-10-12-24(13-11-23)28(25,26)19-9-5-2-6-16(19)14-21/h2-9,15H,10-13H2,1H3/p+1/t15-/m1/s1. The number of rotatable bonds is 4. The predicted molar refractivity (Wildman–Crippen MR) is 109 cm³/mol. The smallest absolute Gasteiger partial charge is 0.244 e. The first kappa shape index (κ1) is 19.0. The Morgan fingerprint density at radius 1 is 1.14 bits per heavy atom. The molecule has 6 nitrogen and oxygen atoms in total. The van der Waals surface area contributed by atoms with Gasteiger partial charge in [-0.1, -0.05) is 24.3 Å². The Kier molecular flexibility index (Phi) is 5.17. The van der Waals surface area contributed by atoms with Gasteiger partial charge in [-0.15, -0.1) is 11.3 Å². The Morgan fingerprint density at radius 2 is 1.82 bits per heavy atom. The zero-order valence-corrected chi connectivity index (χ0v) is 17.1. The van der Waals surface area contributed by atoms with Gasteiger partial charge < -0.3 is 4.90 Å². The Hall–Kier alpha value is -2.31. The summed E-state index contributed by atoms with van der Waals surface area (Å²) in [4.78, 5) is 6.19. The Morgan fingerprint density at radius 3 is 2.54 bits per heavy atom. The molecule has 144 valence electrons.